The highest BCUT2D eigenvalue weighted by molar-refractivity contribution is 6.32. The van der Waals surface area contributed by atoms with Crippen molar-refractivity contribution in [3.63, 3.8) is 0 Å². The molecular formula is C11H14ClNO3. The number of hydrogen-bond donors (Lipinski definition) is 2. The molecule has 0 aromatic heterocycles. The highest BCUT2D eigenvalue weighted by Crippen LogP contribution is 2.37. The zero-order valence-electron chi connectivity index (χ0n) is 9.37. The number of amides is 1. The van der Waals surface area contributed by atoms with Gasteiger partial charge < -0.3 is 15.2 Å². The van der Waals surface area contributed by atoms with Crippen molar-refractivity contribution in [2.75, 3.05) is 12.4 Å². The number of nitrogens with one attached hydrogen (secondary N) is 1. The van der Waals surface area contributed by atoms with E-state index >= 15 is 0 Å². The summed E-state index contributed by atoms with van der Waals surface area (Å²) >= 11 is 5.97. The van der Waals surface area contributed by atoms with Crippen LogP contribution in [-0.4, -0.2) is 18.1 Å². The van der Waals surface area contributed by atoms with Gasteiger partial charge in [0.1, 0.15) is 5.75 Å². The summed E-state index contributed by atoms with van der Waals surface area (Å²) in [7, 11) is 1.49. The molecule has 0 saturated carbocycles. The van der Waals surface area contributed by atoms with E-state index in [0.717, 1.165) is 0 Å². The Bertz CT molecular complexity index is 404. The molecule has 5 heteroatoms. The Labute approximate surface area is 99.2 Å². The Kier molecular flexibility index (Phi) is 4.15. The Morgan fingerprint density at radius 2 is 2.19 bits per heavy atom. The Morgan fingerprint density at radius 1 is 1.56 bits per heavy atom. The minimum atomic E-state index is -0.788. The molecule has 0 saturated heterocycles. The van der Waals surface area contributed by atoms with Gasteiger partial charge >= 0.3 is 0 Å². The van der Waals surface area contributed by atoms with Crippen LogP contribution in [0.1, 0.15) is 25.5 Å². The molecular weight excluding hydrogens is 230 g/mol. The fourth-order valence-electron chi connectivity index (χ4n) is 1.46. The monoisotopic (exact) mass is 243 g/mol. The second kappa shape index (κ2) is 5.18. The molecule has 16 heavy (non-hydrogen) atoms. The molecule has 0 aliphatic rings. The van der Waals surface area contributed by atoms with E-state index in [1.807, 2.05) is 0 Å². The van der Waals surface area contributed by atoms with Crippen molar-refractivity contribution in [2.45, 2.75) is 20.0 Å². The van der Waals surface area contributed by atoms with Gasteiger partial charge in [-0.25, -0.2) is 0 Å². The number of ether oxygens (including phenoxy) is 1. The number of anilines is 1. The lowest BCUT2D eigenvalue weighted by Gasteiger charge is -2.17. The molecule has 4 nitrogen and oxygen atoms in total. The summed E-state index contributed by atoms with van der Waals surface area (Å²) in [6.45, 7) is 2.96. The lowest BCUT2D eigenvalue weighted by molar-refractivity contribution is -0.114. The number of aliphatic hydroxyl groups excluding tert-OH is 1. The van der Waals surface area contributed by atoms with Crippen molar-refractivity contribution in [3.05, 3.63) is 22.7 Å². The summed E-state index contributed by atoms with van der Waals surface area (Å²) in [5.74, 6) is 0.220. The number of halogens is 1. The minimum absolute atomic E-state index is 0.248. The van der Waals surface area contributed by atoms with Gasteiger partial charge in [0, 0.05) is 17.5 Å². The van der Waals surface area contributed by atoms with Gasteiger partial charge in [-0.3, -0.25) is 4.79 Å². The van der Waals surface area contributed by atoms with Crippen molar-refractivity contribution in [3.8, 4) is 5.75 Å². The molecule has 1 amide bonds. The van der Waals surface area contributed by atoms with Gasteiger partial charge in [0.25, 0.3) is 0 Å². The maximum Gasteiger partial charge on any atom is 0.221 e. The van der Waals surface area contributed by atoms with Gasteiger partial charge in [-0.1, -0.05) is 11.6 Å². The van der Waals surface area contributed by atoms with Gasteiger partial charge in [0.2, 0.25) is 5.91 Å². The Balaban J connectivity index is 3.36. The van der Waals surface area contributed by atoms with E-state index in [4.69, 9.17) is 16.3 Å². The minimum Gasteiger partial charge on any atom is -0.495 e. The number of aliphatic hydroxyl groups is 1. The summed E-state index contributed by atoms with van der Waals surface area (Å²) in [6, 6.07) is 3.26. The van der Waals surface area contributed by atoms with Crippen LogP contribution in [-0.2, 0) is 4.79 Å². The standard InChI is InChI=1S/C11H14ClNO3/c1-6(14)10-8(12)4-5-9(16-3)11(10)13-7(2)15/h4-6,14H,1-3H3,(H,13,15). The van der Waals surface area contributed by atoms with Gasteiger partial charge in [-0.2, -0.15) is 0 Å². The van der Waals surface area contributed by atoms with Crippen LogP contribution < -0.4 is 10.1 Å². The molecule has 0 heterocycles. The van der Waals surface area contributed by atoms with Gasteiger partial charge in [-0.05, 0) is 19.1 Å². The van der Waals surface area contributed by atoms with Crippen molar-refractivity contribution in [1.29, 1.82) is 0 Å². The van der Waals surface area contributed by atoms with Crippen molar-refractivity contribution >= 4 is 23.2 Å². The summed E-state index contributed by atoms with van der Waals surface area (Å²) in [4.78, 5) is 11.1. The van der Waals surface area contributed by atoms with Gasteiger partial charge in [-0.15, -0.1) is 0 Å². The van der Waals surface area contributed by atoms with Crippen LogP contribution in [0.4, 0.5) is 5.69 Å². The quantitative estimate of drug-likeness (QED) is 0.857. The first-order chi connectivity index (χ1) is 7.47. The third kappa shape index (κ3) is 2.65. The van der Waals surface area contributed by atoms with E-state index in [1.54, 1.807) is 19.1 Å². The van der Waals surface area contributed by atoms with E-state index in [0.29, 0.717) is 22.0 Å². The molecule has 2 N–H and O–H groups in total. The lowest BCUT2D eigenvalue weighted by atomic mass is 10.1. The summed E-state index contributed by atoms with van der Waals surface area (Å²) in [6.07, 6.45) is -0.788. The average molecular weight is 244 g/mol. The molecule has 1 aromatic rings. The maximum atomic E-state index is 11.1. The second-order valence-corrected chi connectivity index (χ2v) is 3.80. The Morgan fingerprint density at radius 3 is 2.62 bits per heavy atom. The molecule has 1 atom stereocenters. The molecule has 0 aliphatic carbocycles. The van der Waals surface area contributed by atoms with E-state index in [-0.39, 0.29) is 5.91 Å². The largest absolute Gasteiger partial charge is 0.495 e. The normalized spacial score (nSPS) is 12.1. The molecule has 1 rings (SSSR count). The van der Waals surface area contributed by atoms with Crippen LogP contribution in [0.25, 0.3) is 0 Å². The number of hydrogen-bond acceptors (Lipinski definition) is 3. The fourth-order valence-corrected chi connectivity index (χ4v) is 1.77. The SMILES string of the molecule is COc1ccc(Cl)c(C(C)O)c1NC(C)=O. The third-order valence-corrected chi connectivity index (χ3v) is 2.42. The first kappa shape index (κ1) is 12.8. The van der Waals surface area contributed by atoms with E-state index in [1.165, 1.54) is 14.0 Å². The van der Waals surface area contributed by atoms with Gasteiger partial charge in [0.05, 0.1) is 18.9 Å². The molecule has 0 fully saturated rings. The second-order valence-electron chi connectivity index (χ2n) is 3.40. The third-order valence-electron chi connectivity index (χ3n) is 2.09. The smallest absolute Gasteiger partial charge is 0.221 e. The molecule has 1 aromatic carbocycles. The van der Waals surface area contributed by atoms with Gasteiger partial charge in [0.15, 0.2) is 0 Å². The number of rotatable bonds is 3. The molecule has 88 valence electrons. The zero-order valence-corrected chi connectivity index (χ0v) is 10.1. The first-order valence-electron chi connectivity index (χ1n) is 4.79. The van der Waals surface area contributed by atoms with E-state index in [9.17, 15) is 9.90 Å². The van der Waals surface area contributed by atoms with Crippen LogP contribution in [0.15, 0.2) is 12.1 Å². The lowest BCUT2D eigenvalue weighted by Crippen LogP contribution is -2.11. The molecule has 0 bridgehead atoms. The molecule has 0 radical (unpaired) electrons. The summed E-state index contributed by atoms with van der Waals surface area (Å²) in [5.41, 5.74) is 0.869. The summed E-state index contributed by atoms with van der Waals surface area (Å²) < 4.78 is 5.11. The first-order valence-corrected chi connectivity index (χ1v) is 5.17. The molecule has 0 spiro atoms. The number of methoxy groups -OCH3 is 1. The van der Waals surface area contributed by atoms with Crippen molar-refractivity contribution in [1.82, 2.24) is 0 Å². The predicted octanol–water partition coefficient (Wildman–Crippen LogP) is 2.36. The summed E-state index contributed by atoms with van der Waals surface area (Å²) in [5, 5.41) is 12.6. The number of carbonyl (C=O) groups excluding carboxylic acids is 1. The van der Waals surface area contributed by atoms with E-state index < -0.39 is 6.10 Å². The maximum absolute atomic E-state index is 11.1. The highest BCUT2D eigenvalue weighted by atomic mass is 35.5. The van der Waals surface area contributed by atoms with Crippen LogP contribution in [0.3, 0.4) is 0 Å². The molecule has 1 unspecified atom stereocenters. The average Bonchev–Trinajstić information content (AvgIpc) is 2.16. The van der Waals surface area contributed by atoms with E-state index in [2.05, 4.69) is 5.32 Å². The van der Waals surface area contributed by atoms with Crippen LogP contribution >= 0.6 is 11.6 Å². The van der Waals surface area contributed by atoms with Crippen LogP contribution in [0, 0.1) is 0 Å². The fraction of sp³-hybridized carbons (Fsp3) is 0.364. The predicted molar refractivity (Wildman–Crippen MR) is 62.9 cm³/mol. The number of benzene rings is 1. The van der Waals surface area contributed by atoms with Crippen LogP contribution in [0.2, 0.25) is 5.02 Å². The van der Waals surface area contributed by atoms with Crippen molar-refractivity contribution < 1.29 is 14.6 Å². The van der Waals surface area contributed by atoms with Crippen LogP contribution in [0.5, 0.6) is 5.75 Å². The topological polar surface area (TPSA) is 58.6 Å². The number of carbonyl (C=O) groups is 1. The molecule has 0 aliphatic heterocycles. The zero-order chi connectivity index (χ0) is 12.3. The van der Waals surface area contributed by atoms with Crippen molar-refractivity contribution in [2.24, 2.45) is 0 Å². The highest BCUT2D eigenvalue weighted by Gasteiger charge is 2.17. The Hall–Kier alpha value is -1.26.